The van der Waals surface area contributed by atoms with Crippen molar-refractivity contribution in [2.75, 3.05) is 0 Å². The maximum Gasteiger partial charge on any atom is 0.286 e. The van der Waals surface area contributed by atoms with E-state index in [4.69, 9.17) is 0 Å². The van der Waals surface area contributed by atoms with Gasteiger partial charge in [0.25, 0.3) is 6.33 Å². The molecule has 0 radical (unpaired) electrons. The maximum atomic E-state index is 4.10. The zero-order valence-electron chi connectivity index (χ0n) is 7.14. The van der Waals surface area contributed by atoms with Gasteiger partial charge in [-0.15, -0.1) is 0 Å². The molecular formula is C11H9N2+. The van der Waals surface area contributed by atoms with Gasteiger partial charge < -0.3 is 0 Å². The summed E-state index contributed by atoms with van der Waals surface area (Å²) in [6, 6.07) is 10.6. The van der Waals surface area contributed by atoms with Crippen LogP contribution in [0.15, 0.2) is 42.9 Å². The standard InChI is InChI=1S/C11H9N2/c1-2-4-10-9(3-1)7-13-8-12-6-5-11(10)13/h1-6,8H,7H2/q+1. The molecule has 0 N–H and O–H groups in total. The quantitative estimate of drug-likeness (QED) is 0.465. The lowest BCUT2D eigenvalue weighted by Gasteiger charge is -1.92. The third kappa shape index (κ3) is 0.886. The second-order valence-corrected chi connectivity index (χ2v) is 3.25. The molecule has 0 saturated heterocycles. The molecule has 0 bridgehead atoms. The van der Waals surface area contributed by atoms with Crippen LogP contribution in [-0.4, -0.2) is 4.98 Å². The van der Waals surface area contributed by atoms with Crippen molar-refractivity contribution in [1.82, 2.24) is 4.98 Å². The molecule has 3 rings (SSSR count). The zero-order valence-corrected chi connectivity index (χ0v) is 7.14. The van der Waals surface area contributed by atoms with Crippen molar-refractivity contribution in [2.24, 2.45) is 0 Å². The summed E-state index contributed by atoms with van der Waals surface area (Å²) in [5, 5.41) is 0. The van der Waals surface area contributed by atoms with Crippen molar-refractivity contribution in [1.29, 1.82) is 0 Å². The lowest BCUT2D eigenvalue weighted by Crippen LogP contribution is -2.32. The highest BCUT2D eigenvalue weighted by atomic mass is 15.0. The van der Waals surface area contributed by atoms with Crippen LogP contribution < -0.4 is 4.57 Å². The van der Waals surface area contributed by atoms with Crippen molar-refractivity contribution in [2.45, 2.75) is 6.54 Å². The first-order chi connectivity index (χ1) is 6.45. The first kappa shape index (κ1) is 6.78. The molecule has 2 aromatic rings. The van der Waals surface area contributed by atoms with Gasteiger partial charge in [-0.25, -0.2) is 4.57 Å². The van der Waals surface area contributed by atoms with Gasteiger partial charge in [-0.3, -0.25) is 0 Å². The summed E-state index contributed by atoms with van der Waals surface area (Å²) in [7, 11) is 0. The molecule has 2 heteroatoms. The van der Waals surface area contributed by atoms with Crippen LogP contribution in [0.1, 0.15) is 5.56 Å². The van der Waals surface area contributed by atoms with Gasteiger partial charge in [-0.1, -0.05) is 29.2 Å². The van der Waals surface area contributed by atoms with Crippen LogP contribution in [0.4, 0.5) is 0 Å². The smallest absolute Gasteiger partial charge is 0.226 e. The summed E-state index contributed by atoms with van der Waals surface area (Å²) in [5.74, 6) is 0. The molecule has 0 aliphatic carbocycles. The van der Waals surface area contributed by atoms with Gasteiger partial charge in [-0.05, 0) is 0 Å². The van der Waals surface area contributed by atoms with Crippen molar-refractivity contribution in [3.63, 3.8) is 0 Å². The predicted molar refractivity (Wildman–Crippen MR) is 49.0 cm³/mol. The van der Waals surface area contributed by atoms with E-state index in [1.54, 1.807) is 0 Å². The molecular weight excluding hydrogens is 160 g/mol. The average Bonchev–Trinajstić information content (AvgIpc) is 2.56. The summed E-state index contributed by atoms with van der Waals surface area (Å²) in [6.45, 7) is 0.958. The van der Waals surface area contributed by atoms with Crippen LogP contribution in [0.25, 0.3) is 11.3 Å². The monoisotopic (exact) mass is 169 g/mol. The lowest BCUT2D eigenvalue weighted by molar-refractivity contribution is -0.675. The van der Waals surface area contributed by atoms with Gasteiger partial charge in [-0.2, -0.15) is 0 Å². The molecule has 1 aliphatic rings. The minimum absolute atomic E-state index is 0.958. The summed E-state index contributed by atoms with van der Waals surface area (Å²) in [6.07, 6.45) is 3.73. The summed E-state index contributed by atoms with van der Waals surface area (Å²) < 4.78 is 2.17. The maximum absolute atomic E-state index is 4.10. The summed E-state index contributed by atoms with van der Waals surface area (Å²) >= 11 is 0. The number of hydrogen-bond acceptors (Lipinski definition) is 1. The second-order valence-electron chi connectivity index (χ2n) is 3.25. The first-order valence-corrected chi connectivity index (χ1v) is 4.37. The molecule has 0 saturated carbocycles. The third-order valence-corrected chi connectivity index (χ3v) is 2.47. The Morgan fingerprint density at radius 1 is 1.15 bits per heavy atom. The first-order valence-electron chi connectivity index (χ1n) is 4.37. The molecule has 0 atom stereocenters. The highest BCUT2D eigenvalue weighted by molar-refractivity contribution is 5.62. The van der Waals surface area contributed by atoms with E-state index < -0.39 is 0 Å². The van der Waals surface area contributed by atoms with Gasteiger partial charge in [0.1, 0.15) is 18.4 Å². The van der Waals surface area contributed by atoms with Crippen molar-refractivity contribution in [3.8, 4) is 11.3 Å². The van der Waals surface area contributed by atoms with Crippen LogP contribution in [0, 0.1) is 0 Å². The molecule has 62 valence electrons. The Bertz CT molecular complexity index is 420. The zero-order chi connectivity index (χ0) is 8.67. The van der Waals surface area contributed by atoms with Gasteiger partial charge in [0.05, 0.1) is 0 Å². The third-order valence-electron chi connectivity index (χ3n) is 2.47. The molecule has 1 aromatic heterocycles. The Kier molecular flexibility index (Phi) is 1.25. The number of hydrogen-bond donors (Lipinski definition) is 0. The normalized spacial score (nSPS) is 12.3. The van der Waals surface area contributed by atoms with Crippen LogP contribution in [-0.2, 0) is 6.54 Å². The number of fused-ring (bicyclic) bond motifs is 3. The topological polar surface area (TPSA) is 16.8 Å². The molecule has 1 aromatic carbocycles. The Morgan fingerprint density at radius 2 is 2.08 bits per heavy atom. The SMILES string of the molecule is c1ccc2c(c1)C[n+]1cnccc1-2. The molecule has 0 amide bonds. The Labute approximate surface area is 76.5 Å². The fourth-order valence-corrected chi connectivity index (χ4v) is 1.85. The number of rotatable bonds is 0. The highest BCUT2D eigenvalue weighted by Crippen LogP contribution is 2.24. The largest absolute Gasteiger partial charge is 0.286 e. The average molecular weight is 169 g/mol. The fourth-order valence-electron chi connectivity index (χ4n) is 1.85. The summed E-state index contributed by atoms with van der Waals surface area (Å²) in [5.41, 5.74) is 3.99. The Balaban J connectivity index is 2.32. The summed E-state index contributed by atoms with van der Waals surface area (Å²) in [4.78, 5) is 4.10. The molecule has 2 nitrogen and oxygen atoms in total. The second kappa shape index (κ2) is 2.39. The number of nitrogens with zero attached hydrogens (tertiary/aromatic N) is 2. The molecule has 0 spiro atoms. The van der Waals surface area contributed by atoms with E-state index in [2.05, 4.69) is 39.9 Å². The van der Waals surface area contributed by atoms with E-state index in [0.29, 0.717) is 0 Å². The number of aromatic nitrogens is 2. The Hall–Kier alpha value is -1.70. The van der Waals surface area contributed by atoms with Crippen molar-refractivity contribution >= 4 is 0 Å². The van der Waals surface area contributed by atoms with Crippen LogP contribution in [0.2, 0.25) is 0 Å². The van der Waals surface area contributed by atoms with Crippen molar-refractivity contribution in [3.05, 3.63) is 48.4 Å². The van der Waals surface area contributed by atoms with E-state index >= 15 is 0 Å². The molecule has 2 heterocycles. The molecule has 13 heavy (non-hydrogen) atoms. The predicted octanol–water partition coefficient (Wildman–Crippen LogP) is 1.40. The van der Waals surface area contributed by atoms with E-state index in [9.17, 15) is 0 Å². The van der Waals surface area contributed by atoms with E-state index in [1.807, 2.05) is 12.5 Å². The van der Waals surface area contributed by atoms with Crippen molar-refractivity contribution < 1.29 is 4.57 Å². The number of benzene rings is 1. The molecule has 0 fully saturated rings. The van der Waals surface area contributed by atoms with Crippen LogP contribution in [0.5, 0.6) is 0 Å². The van der Waals surface area contributed by atoms with Crippen LogP contribution in [0.3, 0.4) is 0 Å². The molecule has 0 unspecified atom stereocenters. The van der Waals surface area contributed by atoms with E-state index in [0.717, 1.165) is 6.54 Å². The Morgan fingerprint density at radius 3 is 3.08 bits per heavy atom. The van der Waals surface area contributed by atoms with Gasteiger partial charge in [0.2, 0.25) is 0 Å². The van der Waals surface area contributed by atoms with Crippen LogP contribution >= 0.6 is 0 Å². The fraction of sp³-hybridized carbons (Fsp3) is 0.0909. The van der Waals surface area contributed by atoms with E-state index in [1.165, 1.54) is 16.8 Å². The minimum Gasteiger partial charge on any atom is -0.226 e. The van der Waals surface area contributed by atoms with Gasteiger partial charge in [0.15, 0.2) is 0 Å². The molecule has 1 aliphatic heterocycles. The van der Waals surface area contributed by atoms with Gasteiger partial charge in [0, 0.05) is 17.2 Å². The van der Waals surface area contributed by atoms with E-state index in [-0.39, 0.29) is 0 Å². The van der Waals surface area contributed by atoms with Gasteiger partial charge >= 0.3 is 0 Å². The minimum atomic E-state index is 0.958. The highest BCUT2D eigenvalue weighted by Gasteiger charge is 2.20. The lowest BCUT2D eigenvalue weighted by atomic mass is 10.1.